The quantitative estimate of drug-likeness (QED) is 0.666. The minimum atomic E-state index is -4.59. The molecule has 26 heavy (non-hydrogen) atoms. The molecule has 0 aliphatic heterocycles. The van der Waals surface area contributed by atoms with Crippen molar-refractivity contribution in [1.29, 1.82) is 0 Å². The fraction of sp³-hybridized carbons (Fsp3) is 0.312. The van der Waals surface area contributed by atoms with Crippen LogP contribution in [0.4, 0.5) is 13.2 Å². The van der Waals surface area contributed by atoms with Crippen molar-refractivity contribution in [2.75, 3.05) is 0 Å². The minimum Gasteiger partial charge on any atom is -0.294 e. The highest BCUT2D eigenvalue weighted by molar-refractivity contribution is 6.13. The maximum absolute atomic E-state index is 12.7. The number of nitrogens with zero attached hydrogens (tertiary/aromatic N) is 5. The van der Waals surface area contributed by atoms with Gasteiger partial charge in [0.05, 0.1) is 6.33 Å². The van der Waals surface area contributed by atoms with Crippen LogP contribution >= 0.6 is 0 Å². The zero-order valence-electron chi connectivity index (χ0n) is 13.5. The lowest BCUT2D eigenvalue weighted by Crippen LogP contribution is -2.19. The molecule has 0 spiro atoms. The van der Waals surface area contributed by atoms with Crippen molar-refractivity contribution in [1.82, 2.24) is 24.3 Å². The largest absolute Gasteiger partial charge is 0.433 e. The molecular formula is C16H12F3N5O2. The molecule has 3 aromatic rings. The third-order valence-corrected chi connectivity index (χ3v) is 4.24. The first kappa shape index (κ1) is 16.4. The summed E-state index contributed by atoms with van der Waals surface area (Å²) in [5.41, 5.74) is -1.26. The number of fused-ring (bicyclic) bond motifs is 1. The summed E-state index contributed by atoms with van der Waals surface area (Å²) in [6.45, 7) is 0. The third kappa shape index (κ3) is 2.57. The number of aromatic nitrogens is 5. The number of hydrogen-bond donors (Lipinski definition) is 0. The molecule has 0 bridgehead atoms. The summed E-state index contributed by atoms with van der Waals surface area (Å²) in [6.07, 6.45) is -0.566. The molecule has 0 saturated heterocycles. The van der Waals surface area contributed by atoms with Gasteiger partial charge < -0.3 is 0 Å². The second kappa shape index (κ2) is 5.48. The maximum Gasteiger partial charge on any atom is 0.433 e. The standard InChI is InChI=1S/C16H12F3N5O2/c1-23-13(14(25)8-2-5-10(20-6-8)16(17,18)19)11-12(22-23)15(26)24(7-21-11)9-3-4-9/h2,5-7,9H,3-4H2,1H3. The van der Waals surface area contributed by atoms with Crippen LogP contribution in [0.25, 0.3) is 11.0 Å². The first-order chi connectivity index (χ1) is 12.3. The summed E-state index contributed by atoms with van der Waals surface area (Å²) in [6, 6.07) is 1.89. The van der Waals surface area contributed by atoms with E-state index in [2.05, 4.69) is 15.1 Å². The van der Waals surface area contributed by atoms with Crippen molar-refractivity contribution in [3.05, 3.63) is 52.0 Å². The molecule has 7 nitrogen and oxygen atoms in total. The van der Waals surface area contributed by atoms with Crippen LogP contribution in [0.5, 0.6) is 0 Å². The fourth-order valence-corrected chi connectivity index (χ4v) is 2.77. The Hall–Kier alpha value is -3.04. The Balaban J connectivity index is 1.79. The first-order valence-corrected chi connectivity index (χ1v) is 7.79. The van der Waals surface area contributed by atoms with Crippen LogP contribution in [-0.2, 0) is 13.2 Å². The van der Waals surface area contributed by atoms with Gasteiger partial charge in [-0.25, -0.2) is 4.98 Å². The molecular weight excluding hydrogens is 351 g/mol. The molecule has 1 fully saturated rings. The number of halogens is 3. The molecule has 3 aromatic heterocycles. The van der Waals surface area contributed by atoms with Gasteiger partial charge in [-0.15, -0.1) is 0 Å². The molecule has 134 valence electrons. The van der Waals surface area contributed by atoms with Crippen LogP contribution in [-0.4, -0.2) is 30.1 Å². The van der Waals surface area contributed by atoms with Crippen molar-refractivity contribution in [2.45, 2.75) is 25.1 Å². The average molecular weight is 363 g/mol. The highest BCUT2D eigenvalue weighted by atomic mass is 19.4. The third-order valence-electron chi connectivity index (χ3n) is 4.24. The van der Waals surface area contributed by atoms with Gasteiger partial charge in [0.1, 0.15) is 16.9 Å². The minimum absolute atomic E-state index is 0.0293. The van der Waals surface area contributed by atoms with E-state index >= 15 is 0 Å². The lowest BCUT2D eigenvalue weighted by molar-refractivity contribution is -0.141. The van der Waals surface area contributed by atoms with Gasteiger partial charge in [0, 0.05) is 24.8 Å². The number of rotatable bonds is 3. The number of pyridine rings is 1. The van der Waals surface area contributed by atoms with Gasteiger partial charge in [-0.2, -0.15) is 18.3 Å². The molecule has 0 amide bonds. The summed E-state index contributed by atoms with van der Waals surface area (Å²) in [5, 5.41) is 4.09. The van der Waals surface area contributed by atoms with Crippen molar-refractivity contribution in [2.24, 2.45) is 7.05 Å². The molecule has 10 heteroatoms. The van der Waals surface area contributed by atoms with Gasteiger partial charge in [-0.1, -0.05) is 0 Å². The predicted molar refractivity (Wildman–Crippen MR) is 83.7 cm³/mol. The van der Waals surface area contributed by atoms with E-state index in [0.29, 0.717) is 0 Å². The molecule has 1 saturated carbocycles. The molecule has 0 atom stereocenters. The van der Waals surface area contributed by atoms with Crippen LogP contribution in [0.15, 0.2) is 29.5 Å². The van der Waals surface area contributed by atoms with Gasteiger partial charge in [-0.05, 0) is 25.0 Å². The molecule has 4 rings (SSSR count). The zero-order valence-corrected chi connectivity index (χ0v) is 13.5. The van der Waals surface area contributed by atoms with E-state index in [1.54, 1.807) is 0 Å². The number of aryl methyl sites for hydroxylation is 1. The summed E-state index contributed by atoms with van der Waals surface area (Å²) >= 11 is 0. The zero-order chi connectivity index (χ0) is 18.6. The average Bonchev–Trinajstić information content (AvgIpc) is 3.37. The topological polar surface area (TPSA) is 82.7 Å². The van der Waals surface area contributed by atoms with E-state index < -0.39 is 17.7 Å². The highest BCUT2D eigenvalue weighted by Crippen LogP contribution is 2.33. The summed E-state index contributed by atoms with van der Waals surface area (Å²) in [7, 11) is 1.48. The van der Waals surface area contributed by atoms with Crippen molar-refractivity contribution >= 4 is 16.8 Å². The molecule has 1 aliphatic rings. The first-order valence-electron chi connectivity index (χ1n) is 7.79. The molecule has 0 unspecified atom stereocenters. The number of alkyl halides is 3. The van der Waals surface area contributed by atoms with Crippen molar-refractivity contribution < 1.29 is 18.0 Å². The van der Waals surface area contributed by atoms with Crippen LogP contribution in [0, 0.1) is 0 Å². The number of carbonyl (C=O) groups excluding carboxylic acids is 1. The fourth-order valence-electron chi connectivity index (χ4n) is 2.77. The normalized spacial score (nSPS) is 14.8. The van der Waals surface area contributed by atoms with E-state index in [4.69, 9.17) is 0 Å². The van der Waals surface area contributed by atoms with E-state index in [1.807, 2.05) is 0 Å². The van der Waals surface area contributed by atoms with E-state index in [-0.39, 0.29) is 33.9 Å². The second-order valence-electron chi connectivity index (χ2n) is 6.12. The van der Waals surface area contributed by atoms with E-state index in [0.717, 1.165) is 31.2 Å². The van der Waals surface area contributed by atoms with Crippen molar-refractivity contribution in [3.8, 4) is 0 Å². The Morgan fingerprint density at radius 2 is 1.92 bits per heavy atom. The molecule has 1 aliphatic carbocycles. The Morgan fingerprint density at radius 3 is 2.50 bits per heavy atom. The van der Waals surface area contributed by atoms with Crippen LogP contribution in [0.2, 0.25) is 0 Å². The number of ketones is 1. The van der Waals surface area contributed by atoms with Crippen molar-refractivity contribution in [3.63, 3.8) is 0 Å². The Kier molecular flexibility index (Phi) is 3.46. The molecule has 0 aromatic carbocycles. The van der Waals surface area contributed by atoms with E-state index in [9.17, 15) is 22.8 Å². The molecule has 3 heterocycles. The monoisotopic (exact) mass is 363 g/mol. The van der Waals surface area contributed by atoms with Gasteiger partial charge in [-0.3, -0.25) is 23.8 Å². The second-order valence-corrected chi connectivity index (χ2v) is 6.12. The van der Waals surface area contributed by atoms with Gasteiger partial charge in [0.25, 0.3) is 5.56 Å². The predicted octanol–water partition coefficient (Wildman–Crippen LogP) is 2.11. The number of hydrogen-bond acceptors (Lipinski definition) is 5. The van der Waals surface area contributed by atoms with Crippen LogP contribution < -0.4 is 5.56 Å². The SMILES string of the molecule is Cn1nc2c(=O)n(C3CC3)cnc2c1C(=O)c1ccc(C(F)(F)F)nc1. The maximum atomic E-state index is 12.7. The Bertz CT molecular complexity index is 1080. The summed E-state index contributed by atoms with van der Waals surface area (Å²) < 4.78 is 40.5. The molecule has 0 N–H and O–H groups in total. The van der Waals surface area contributed by atoms with Crippen LogP contribution in [0.3, 0.4) is 0 Å². The lowest BCUT2D eigenvalue weighted by Gasteiger charge is -2.06. The van der Waals surface area contributed by atoms with Gasteiger partial charge in [0.15, 0.2) is 5.52 Å². The smallest absolute Gasteiger partial charge is 0.294 e. The summed E-state index contributed by atoms with van der Waals surface area (Å²) in [5.74, 6) is -0.604. The van der Waals surface area contributed by atoms with Gasteiger partial charge >= 0.3 is 6.18 Å². The van der Waals surface area contributed by atoms with E-state index in [1.165, 1.54) is 22.6 Å². The summed E-state index contributed by atoms with van der Waals surface area (Å²) in [4.78, 5) is 32.7. The molecule has 0 radical (unpaired) electrons. The number of carbonyl (C=O) groups is 1. The Labute approximate surface area is 144 Å². The lowest BCUT2D eigenvalue weighted by atomic mass is 10.1. The Morgan fingerprint density at radius 1 is 1.19 bits per heavy atom. The van der Waals surface area contributed by atoms with Crippen LogP contribution in [0.1, 0.15) is 40.6 Å². The van der Waals surface area contributed by atoms with Gasteiger partial charge in [0.2, 0.25) is 5.78 Å². The highest BCUT2D eigenvalue weighted by Gasteiger charge is 2.33.